The van der Waals surface area contributed by atoms with Crippen LogP contribution in [0.25, 0.3) is 0 Å². The number of aromatic nitrogens is 2. The summed E-state index contributed by atoms with van der Waals surface area (Å²) in [6, 6.07) is 7.03. The van der Waals surface area contributed by atoms with Crippen LogP contribution in [-0.4, -0.2) is 49.1 Å². The van der Waals surface area contributed by atoms with Gasteiger partial charge < -0.3 is 20.1 Å². The molecule has 2 rings (SSSR count). The number of esters is 1. The van der Waals surface area contributed by atoms with E-state index in [4.69, 9.17) is 21.7 Å². The molecule has 13 heteroatoms. The molecule has 0 radical (unpaired) electrons. The third kappa shape index (κ3) is 8.07. The Morgan fingerprint density at radius 2 is 1.84 bits per heavy atom. The van der Waals surface area contributed by atoms with Crippen LogP contribution >= 0.6 is 12.2 Å². The first-order chi connectivity index (χ1) is 15.2. The summed E-state index contributed by atoms with van der Waals surface area (Å²) in [7, 11) is -2.49. The predicted octanol–water partition coefficient (Wildman–Crippen LogP) is 1.83. The number of amides is 1. The molecule has 172 valence electrons. The van der Waals surface area contributed by atoms with Crippen molar-refractivity contribution in [1.82, 2.24) is 15.3 Å². The van der Waals surface area contributed by atoms with E-state index in [-0.39, 0.29) is 34.5 Å². The van der Waals surface area contributed by atoms with E-state index in [1.165, 1.54) is 43.8 Å². The van der Waals surface area contributed by atoms with Crippen LogP contribution in [0.5, 0.6) is 5.88 Å². The third-order valence-electron chi connectivity index (χ3n) is 3.79. The van der Waals surface area contributed by atoms with Crippen LogP contribution in [0.4, 0.5) is 11.5 Å². The van der Waals surface area contributed by atoms with Crippen LogP contribution in [0.2, 0.25) is 0 Å². The first-order valence-corrected chi connectivity index (χ1v) is 11.4. The molecule has 32 heavy (non-hydrogen) atoms. The Kier molecular flexibility index (Phi) is 9.28. The van der Waals surface area contributed by atoms with Gasteiger partial charge in [0.2, 0.25) is 11.8 Å². The summed E-state index contributed by atoms with van der Waals surface area (Å²) in [4.78, 5) is 30.9. The number of rotatable bonds is 10. The van der Waals surface area contributed by atoms with Crippen molar-refractivity contribution in [2.75, 3.05) is 23.8 Å². The Balaban J connectivity index is 1.89. The van der Waals surface area contributed by atoms with Gasteiger partial charge in [-0.2, -0.15) is 0 Å². The first kappa shape index (κ1) is 24.9. The summed E-state index contributed by atoms with van der Waals surface area (Å²) < 4.78 is 37.2. The summed E-state index contributed by atoms with van der Waals surface area (Å²) in [6.07, 6.45) is 1.76. The molecular formula is C19H23N5O6S2. The van der Waals surface area contributed by atoms with Gasteiger partial charge in [0.05, 0.1) is 25.0 Å². The van der Waals surface area contributed by atoms with Crippen molar-refractivity contribution in [3.8, 4) is 5.88 Å². The highest BCUT2D eigenvalue weighted by atomic mass is 32.2. The summed E-state index contributed by atoms with van der Waals surface area (Å²) in [6.45, 7) is 2.19. The van der Waals surface area contributed by atoms with E-state index in [1.54, 1.807) is 0 Å². The fraction of sp³-hybridized carbons (Fsp3) is 0.316. The SMILES string of the molecule is CCCOC(=O)CCC(=O)NC(=S)Nc1ccc(S(=O)(=O)Nc2cc(OC)ncn2)cc1. The minimum Gasteiger partial charge on any atom is -0.481 e. The van der Waals surface area contributed by atoms with Gasteiger partial charge in [-0.25, -0.2) is 18.4 Å². The maximum absolute atomic E-state index is 12.5. The second-order valence-corrected chi connectivity index (χ2v) is 8.39. The van der Waals surface area contributed by atoms with Crippen molar-refractivity contribution in [2.45, 2.75) is 31.1 Å². The van der Waals surface area contributed by atoms with E-state index < -0.39 is 21.9 Å². The van der Waals surface area contributed by atoms with Crippen LogP contribution in [0.3, 0.4) is 0 Å². The molecule has 2 aromatic rings. The lowest BCUT2D eigenvalue weighted by Crippen LogP contribution is -2.34. The fourth-order valence-electron chi connectivity index (χ4n) is 2.28. The van der Waals surface area contributed by atoms with E-state index in [9.17, 15) is 18.0 Å². The number of nitrogens with zero attached hydrogens (tertiary/aromatic N) is 2. The summed E-state index contributed by atoms with van der Waals surface area (Å²) in [5.74, 6) is -0.626. The van der Waals surface area contributed by atoms with E-state index in [1.807, 2.05) is 6.92 Å². The van der Waals surface area contributed by atoms with Crippen LogP contribution in [0.1, 0.15) is 26.2 Å². The maximum Gasteiger partial charge on any atom is 0.306 e. The highest BCUT2D eigenvalue weighted by Crippen LogP contribution is 2.18. The number of anilines is 2. The third-order valence-corrected chi connectivity index (χ3v) is 5.36. The van der Waals surface area contributed by atoms with Gasteiger partial charge in [-0.1, -0.05) is 6.92 Å². The van der Waals surface area contributed by atoms with Gasteiger partial charge in [-0.15, -0.1) is 0 Å². The van der Waals surface area contributed by atoms with Crippen molar-refractivity contribution in [3.63, 3.8) is 0 Å². The Morgan fingerprint density at radius 3 is 2.50 bits per heavy atom. The molecule has 0 unspecified atom stereocenters. The normalized spacial score (nSPS) is 10.7. The Bertz CT molecular complexity index is 1060. The lowest BCUT2D eigenvalue weighted by atomic mass is 10.3. The maximum atomic E-state index is 12.5. The number of benzene rings is 1. The largest absolute Gasteiger partial charge is 0.481 e. The second kappa shape index (κ2) is 11.9. The number of methoxy groups -OCH3 is 1. The molecule has 0 atom stereocenters. The average molecular weight is 482 g/mol. The van der Waals surface area contributed by atoms with Gasteiger partial charge in [0.25, 0.3) is 10.0 Å². The van der Waals surface area contributed by atoms with Crippen LogP contribution in [0.15, 0.2) is 41.6 Å². The minimum atomic E-state index is -3.89. The van der Waals surface area contributed by atoms with E-state index >= 15 is 0 Å². The molecule has 0 saturated carbocycles. The van der Waals surface area contributed by atoms with Gasteiger partial charge >= 0.3 is 5.97 Å². The average Bonchev–Trinajstić information content (AvgIpc) is 2.76. The zero-order valence-electron chi connectivity index (χ0n) is 17.5. The molecular weight excluding hydrogens is 458 g/mol. The van der Waals surface area contributed by atoms with Crippen LogP contribution < -0.4 is 20.1 Å². The highest BCUT2D eigenvalue weighted by Gasteiger charge is 2.16. The standard InChI is InChI=1S/C19H23N5O6S2/c1-3-10-30-18(26)9-8-16(25)23-19(31)22-13-4-6-14(7-5-13)32(27,28)24-15-11-17(29-2)21-12-20-15/h4-7,11-12H,3,8-10H2,1-2H3,(H,20,21,24)(H2,22,23,25,31). The Labute approximate surface area is 191 Å². The quantitative estimate of drug-likeness (QED) is 0.339. The van der Waals surface area contributed by atoms with Crippen molar-refractivity contribution < 1.29 is 27.5 Å². The first-order valence-electron chi connectivity index (χ1n) is 9.49. The van der Waals surface area contributed by atoms with Crippen LogP contribution in [0, 0.1) is 0 Å². The predicted molar refractivity (Wildman–Crippen MR) is 121 cm³/mol. The summed E-state index contributed by atoms with van der Waals surface area (Å²) in [5, 5.41) is 5.23. The Morgan fingerprint density at radius 1 is 1.12 bits per heavy atom. The Hall–Kier alpha value is -3.32. The molecule has 0 aliphatic rings. The molecule has 0 aliphatic carbocycles. The monoisotopic (exact) mass is 481 g/mol. The second-order valence-electron chi connectivity index (χ2n) is 6.30. The van der Waals surface area contributed by atoms with Gasteiger partial charge in [0.15, 0.2) is 5.11 Å². The van der Waals surface area contributed by atoms with Gasteiger partial charge in [0, 0.05) is 18.2 Å². The highest BCUT2D eigenvalue weighted by molar-refractivity contribution is 7.92. The number of carbonyl (C=O) groups excluding carboxylic acids is 2. The number of thiocarbonyl (C=S) groups is 1. The lowest BCUT2D eigenvalue weighted by molar-refractivity contribution is -0.144. The zero-order valence-corrected chi connectivity index (χ0v) is 19.1. The zero-order chi connectivity index (χ0) is 23.6. The molecule has 0 fully saturated rings. The number of hydrogen-bond acceptors (Lipinski definition) is 9. The number of sulfonamides is 1. The number of carbonyl (C=O) groups is 2. The van der Waals surface area contributed by atoms with Crippen molar-refractivity contribution >= 4 is 50.7 Å². The van der Waals surface area contributed by atoms with Crippen molar-refractivity contribution in [3.05, 3.63) is 36.7 Å². The summed E-state index contributed by atoms with van der Waals surface area (Å²) >= 11 is 5.06. The molecule has 1 aromatic heterocycles. The molecule has 1 aromatic carbocycles. The number of ether oxygens (including phenoxy) is 2. The fourth-order valence-corrected chi connectivity index (χ4v) is 3.51. The van der Waals surface area contributed by atoms with Gasteiger partial charge in [0.1, 0.15) is 12.1 Å². The van der Waals surface area contributed by atoms with Crippen LogP contribution in [-0.2, 0) is 24.3 Å². The topological polar surface area (TPSA) is 149 Å². The van der Waals surface area contributed by atoms with Crippen molar-refractivity contribution in [1.29, 1.82) is 0 Å². The molecule has 1 amide bonds. The van der Waals surface area contributed by atoms with Crippen molar-refractivity contribution in [2.24, 2.45) is 0 Å². The molecule has 0 saturated heterocycles. The molecule has 11 nitrogen and oxygen atoms in total. The van der Waals surface area contributed by atoms with E-state index in [0.717, 1.165) is 0 Å². The van der Waals surface area contributed by atoms with E-state index in [0.29, 0.717) is 18.7 Å². The summed E-state index contributed by atoms with van der Waals surface area (Å²) in [5.41, 5.74) is 0.459. The van der Waals surface area contributed by atoms with E-state index in [2.05, 4.69) is 25.3 Å². The molecule has 0 spiro atoms. The minimum absolute atomic E-state index is 0.0127. The lowest BCUT2D eigenvalue weighted by Gasteiger charge is -2.11. The molecule has 3 N–H and O–H groups in total. The molecule has 0 aliphatic heterocycles. The number of nitrogens with one attached hydrogen (secondary N) is 3. The molecule has 1 heterocycles. The number of hydrogen-bond donors (Lipinski definition) is 3. The smallest absolute Gasteiger partial charge is 0.306 e. The van der Waals surface area contributed by atoms with Gasteiger partial charge in [-0.3, -0.25) is 14.3 Å². The molecule has 0 bridgehead atoms. The van der Waals surface area contributed by atoms with Gasteiger partial charge in [-0.05, 0) is 42.9 Å².